The van der Waals surface area contributed by atoms with Gasteiger partial charge in [-0.3, -0.25) is 4.79 Å². The molecule has 0 aliphatic rings. The van der Waals surface area contributed by atoms with Gasteiger partial charge < -0.3 is 10.4 Å². The van der Waals surface area contributed by atoms with Crippen molar-refractivity contribution >= 4 is 34.4 Å². The zero-order chi connectivity index (χ0) is 17.7. The fourth-order valence-corrected chi connectivity index (χ4v) is 2.74. The van der Waals surface area contributed by atoms with Gasteiger partial charge in [0.1, 0.15) is 0 Å². The van der Waals surface area contributed by atoms with E-state index < -0.39 is 35.6 Å². The molecule has 1 unspecified atom stereocenters. The van der Waals surface area contributed by atoms with E-state index >= 15 is 0 Å². The van der Waals surface area contributed by atoms with Crippen molar-refractivity contribution in [3.63, 3.8) is 0 Å². The Morgan fingerprint density at radius 1 is 1.12 bits per heavy atom. The monoisotopic (exact) mass is 357 g/mol. The lowest BCUT2D eigenvalue weighted by Crippen LogP contribution is -2.35. The quantitative estimate of drug-likeness (QED) is 0.832. The smallest absolute Gasteiger partial charge is 0.397 e. The molecule has 128 valence electrons. The average Bonchev–Trinajstić information content (AvgIpc) is 2.50. The number of thioether (sulfide) groups is 1. The van der Waals surface area contributed by atoms with Crippen LogP contribution in [0.25, 0.3) is 10.8 Å². The number of benzene rings is 2. The van der Waals surface area contributed by atoms with Gasteiger partial charge in [-0.2, -0.15) is 13.2 Å². The molecule has 0 saturated carbocycles. The van der Waals surface area contributed by atoms with E-state index in [9.17, 15) is 27.9 Å². The SMILES string of the molecule is O=C(CSCC(F)(F)F)NC(C(=O)O)c1ccc2ccccc2c1. The van der Waals surface area contributed by atoms with Gasteiger partial charge in [0.2, 0.25) is 5.91 Å². The number of carboxylic acid groups (broad SMARTS) is 1. The number of nitrogens with one attached hydrogen (secondary N) is 1. The van der Waals surface area contributed by atoms with Crippen LogP contribution in [0.3, 0.4) is 0 Å². The number of aliphatic carboxylic acids is 1. The first-order valence-corrected chi connectivity index (χ1v) is 8.07. The number of halogens is 3. The van der Waals surface area contributed by atoms with Crippen LogP contribution in [-0.4, -0.2) is 34.7 Å². The maximum Gasteiger partial charge on any atom is 0.397 e. The number of hydrogen-bond acceptors (Lipinski definition) is 3. The molecule has 4 nitrogen and oxygen atoms in total. The summed E-state index contributed by atoms with van der Waals surface area (Å²) in [5.74, 6) is -3.66. The predicted molar refractivity (Wildman–Crippen MR) is 85.8 cm³/mol. The van der Waals surface area contributed by atoms with Crippen LogP contribution in [0.15, 0.2) is 42.5 Å². The Morgan fingerprint density at radius 3 is 2.42 bits per heavy atom. The molecule has 24 heavy (non-hydrogen) atoms. The van der Waals surface area contributed by atoms with Gasteiger partial charge in [0.05, 0.1) is 11.5 Å². The number of carbonyl (C=O) groups is 2. The minimum Gasteiger partial charge on any atom is -0.479 e. The molecule has 2 aromatic carbocycles. The summed E-state index contributed by atoms with van der Waals surface area (Å²) in [5, 5.41) is 13.3. The fourth-order valence-electron chi connectivity index (χ4n) is 2.14. The standard InChI is InChI=1S/C16H14F3NO3S/c17-16(18,19)9-24-8-13(21)20-14(15(22)23)12-6-5-10-3-1-2-4-11(10)7-12/h1-7,14H,8-9H2,(H,20,21)(H,22,23). The molecular formula is C16H14F3NO3S. The van der Waals surface area contributed by atoms with Gasteiger partial charge in [-0.15, -0.1) is 11.8 Å². The lowest BCUT2D eigenvalue weighted by atomic mass is 10.0. The summed E-state index contributed by atoms with van der Waals surface area (Å²) >= 11 is 0.390. The summed E-state index contributed by atoms with van der Waals surface area (Å²) in [6.45, 7) is 0. The minimum absolute atomic E-state index is 0.357. The lowest BCUT2D eigenvalue weighted by Gasteiger charge is -2.16. The Labute approximate surface area is 140 Å². The third-order valence-corrected chi connectivity index (χ3v) is 4.16. The summed E-state index contributed by atoms with van der Waals surface area (Å²) in [7, 11) is 0. The molecule has 0 bridgehead atoms. The van der Waals surface area contributed by atoms with Crippen LogP contribution < -0.4 is 5.32 Å². The van der Waals surface area contributed by atoms with E-state index in [0.29, 0.717) is 17.3 Å². The van der Waals surface area contributed by atoms with E-state index in [-0.39, 0.29) is 0 Å². The molecular weight excluding hydrogens is 343 g/mol. The Bertz CT molecular complexity index is 749. The van der Waals surface area contributed by atoms with E-state index in [1.807, 2.05) is 12.1 Å². The molecule has 8 heteroatoms. The summed E-state index contributed by atoms with van der Waals surface area (Å²) in [4.78, 5) is 23.1. The first-order valence-electron chi connectivity index (χ1n) is 6.91. The maximum atomic E-state index is 12.1. The van der Waals surface area contributed by atoms with Crippen molar-refractivity contribution in [2.75, 3.05) is 11.5 Å². The van der Waals surface area contributed by atoms with Crippen LogP contribution in [-0.2, 0) is 9.59 Å². The molecule has 2 rings (SSSR count). The van der Waals surface area contributed by atoms with Gasteiger partial charge in [-0.25, -0.2) is 4.79 Å². The zero-order valence-electron chi connectivity index (χ0n) is 12.3. The van der Waals surface area contributed by atoms with Gasteiger partial charge in [-0.1, -0.05) is 36.4 Å². The maximum absolute atomic E-state index is 12.1. The van der Waals surface area contributed by atoms with Crippen molar-refractivity contribution in [2.45, 2.75) is 12.2 Å². The van der Waals surface area contributed by atoms with Crippen LogP contribution in [0.1, 0.15) is 11.6 Å². The number of alkyl halides is 3. The van der Waals surface area contributed by atoms with E-state index in [2.05, 4.69) is 5.32 Å². The minimum atomic E-state index is -4.37. The number of rotatable bonds is 6. The van der Waals surface area contributed by atoms with Gasteiger partial charge in [0.25, 0.3) is 0 Å². The Balaban J connectivity index is 2.08. The molecule has 1 atom stereocenters. The summed E-state index contributed by atoms with van der Waals surface area (Å²) in [6.07, 6.45) is -4.37. The predicted octanol–water partition coefficient (Wildman–Crippen LogP) is 3.38. The van der Waals surface area contributed by atoms with Crippen molar-refractivity contribution < 1.29 is 27.9 Å². The normalized spacial score (nSPS) is 12.8. The zero-order valence-corrected chi connectivity index (χ0v) is 13.2. The molecule has 0 radical (unpaired) electrons. The molecule has 0 spiro atoms. The first-order chi connectivity index (χ1) is 11.3. The molecule has 1 amide bonds. The third kappa shape index (κ3) is 5.16. The van der Waals surface area contributed by atoms with Crippen LogP contribution in [0.4, 0.5) is 13.2 Å². The molecule has 2 N–H and O–H groups in total. The Morgan fingerprint density at radius 2 is 1.79 bits per heavy atom. The van der Waals surface area contributed by atoms with Crippen molar-refractivity contribution in [3.8, 4) is 0 Å². The molecule has 0 aliphatic heterocycles. The number of carboxylic acids is 1. The molecule has 0 aromatic heterocycles. The fraction of sp³-hybridized carbons (Fsp3) is 0.250. The van der Waals surface area contributed by atoms with Crippen molar-refractivity contribution in [3.05, 3.63) is 48.0 Å². The molecule has 0 heterocycles. The van der Waals surface area contributed by atoms with Crippen molar-refractivity contribution in [2.24, 2.45) is 0 Å². The van der Waals surface area contributed by atoms with Gasteiger partial charge in [0.15, 0.2) is 6.04 Å². The van der Waals surface area contributed by atoms with E-state index in [0.717, 1.165) is 10.8 Å². The third-order valence-electron chi connectivity index (χ3n) is 3.16. The lowest BCUT2D eigenvalue weighted by molar-refractivity contribution is -0.141. The van der Waals surface area contributed by atoms with Gasteiger partial charge in [-0.05, 0) is 22.4 Å². The highest BCUT2D eigenvalue weighted by Crippen LogP contribution is 2.22. The Hall–Kier alpha value is -2.22. The highest BCUT2D eigenvalue weighted by Gasteiger charge is 2.28. The van der Waals surface area contributed by atoms with Crippen LogP contribution in [0, 0.1) is 0 Å². The Kier molecular flexibility index (Phi) is 5.71. The molecule has 0 saturated heterocycles. The van der Waals surface area contributed by atoms with Gasteiger partial charge in [0, 0.05) is 0 Å². The summed E-state index contributed by atoms with van der Waals surface area (Å²) in [6, 6.07) is 10.9. The van der Waals surface area contributed by atoms with Gasteiger partial charge >= 0.3 is 12.1 Å². The van der Waals surface area contributed by atoms with Crippen LogP contribution in [0.2, 0.25) is 0 Å². The van der Waals surface area contributed by atoms with Crippen LogP contribution >= 0.6 is 11.8 Å². The summed E-state index contributed by atoms with van der Waals surface area (Å²) in [5.41, 5.74) is 0.357. The average molecular weight is 357 g/mol. The number of hydrogen-bond donors (Lipinski definition) is 2. The summed E-state index contributed by atoms with van der Waals surface area (Å²) < 4.78 is 36.2. The van der Waals surface area contributed by atoms with Crippen molar-refractivity contribution in [1.29, 1.82) is 0 Å². The first kappa shape index (κ1) is 18.1. The van der Waals surface area contributed by atoms with E-state index in [1.54, 1.807) is 30.3 Å². The molecule has 0 fully saturated rings. The number of carbonyl (C=O) groups excluding carboxylic acids is 1. The molecule has 0 aliphatic carbocycles. The second kappa shape index (κ2) is 7.57. The largest absolute Gasteiger partial charge is 0.479 e. The van der Waals surface area contributed by atoms with Crippen molar-refractivity contribution in [1.82, 2.24) is 5.32 Å². The highest BCUT2D eigenvalue weighted by molar-refractivity contribution is 8.00. The van der Waals surface area contributed by atoms with Crippen LogP contribution in [0.5, 0.6) is 0 Å². The second-order valence-electron chi connectivity index (χ2n) is 5.05. The highest BCUT2D eigenvalue weighted by atomic mass is 32.2. The second-order valence-corrected chi connectivity index (χ2v) is 6.04. The number of fused-ring (bicyclic) bond motifs is 1. The van der Waals surface area contributed by atoms with E-state index in [4.69, 9.17) is 0 Å². The van der Waals surface area contributed by atoms with E-state index in [1.165, 1.54) is 0 Å². The molecule has 2 aromatic rings. The topological polar surface area (TPSA) is 66.4 Å². The number of amides is 1.